The van der Waals surface area contributed by atoms with Gasteiger partial charge in [0.25, 0.3) is 0 Å². The molecule has 3 aromatic carbocycles. The van der Waals surface area contributed by atoms with Crippen LogP contribution < -0.4 is 16.0 Å². The third kappa shape index (κ3) is 7.63. The Bertz CT molecular complexity index is 1430. The number of alkyl carbamates (subject to hydrolysis) is 1. The maximum atomic E-state index is 13.3. The molecule has 6 rings (SSSR count). The monoisotopic (exact) mass is 583 g/mol. The molecule has 2 amide bonds. The molecule has 226 valence electrons. The van der Waals surface area contributed by atoms with Gasteiger partial charge in [-0.15, -0.1) is 0 Å². The van der Waals surface area contributed by atoms with Gasteiger partial charge in [0.05, 0.1) is 0 Å². The number of rotatable bonds is 7. The Hall–Kier alpha value is -3.71. The molecule has 2 atom stereocenters. The van der Waals surface area contributed by atoms with Gasteiger partial charge >= 0.3 is 6.09 Å². The fourth-order valence-electron chi connectivity index (χ4n) is 6.83. The molecule has 3 N–H and O–H groups in total. The summed E-state index contributed by atoms with van der Waals surface area (Å²) < 4.78 is 18.6. The van der Waals surface area contributed by atoms with E-state index in [9.17, 15) is 14.0 Å². The standard InChI is InChI=1S/C36H42FN3O3/c37-30-9-7-8-26(18-30)22-38-35(42)43-24-25-10-12-27(13-11-25)32-20-33(32)34(41)40-31-15-14-28-23-39-36(21-29(28)19-31)16-5-3-1-2-4-6-17-36/h7-15,18-19,32-33,39H,1-6,16-17,20-24H2,(H,38,42)(H,40,41). The number of nitrogens with one attached hydrogen (secondary N) is 3. The van der Waals surface area contributed by atoms with Gasteiger partial charge in [0.15, 0.2) is 0 Å². The highest BCUT2D eigenvalue weighted by Gasteiger charge is 2.44. The van der Waals surface area contributed by atoms with Crippen molar-refractivity contribution in [3.63, 3.8) is 0 Å². The van der Waals surface area contributed by atoms with Crippen molar-refractivity contribution >= 4 is 17.7 Å². The Balaban J connectivity index is 0.979. The summed E-state index contributed by atoms with van der Waals surface area (Å²) in [7, 11) is 0. The molecule has 43 heavy (non-hydrogen) atoms. The Morgan fingerprint density at radius 3 is 2.42 bits per heavy atom. The van der Waals surface area contributed by atoms with Gasteiger partial charge in [-0.1, -0.05) is 81.0 Å². The zero-order valence-corrected chi connectivity index (χ0v) is 24.8. The zero-order valence-electron chi connectivity index (χ0n) is 24.8. The van der Waals surface area contributed by atoms with Crippen LogP contribution in [0.4, 0.5) is 14.9 Å². The van der Waals surface area contributed by atoms with Crippen LogP contribution in [0, 0.1) is 11.7 Å². The number of benzene rings is 3. The predicted octanol–water partition coefficient (Wildman–Crippen LogP) is 7.51. The molecule has 7 heteroatoms. The number of carbonyl (C=O) groups is 2. The topological polar surface area (TPSA) is 79.5 Å². The number of ether oxygens (including phenoxy) is 1. The van der Waals surface area contributed by atoms with Crippen molar-refractivity contribution in [3.05, 3.63) is 100 Å². The van der Waals surface area contributed by atoms with Crippen molar-refractivity contribution in [2.45, 2.75) is 95.4 Å². The molecule has 1 heterocycles. The lowest BCUT2D eigenvalue weighted by atomic mass is 9.78. The number of carbonyl (C=O) groups excluding carboxylic acids is 2. The van der Waals surface area contributed by atoms with Crippen LogP contribution in [-0.4, -0.2) is 17.5 Å². The number of fused-ring (bicyclic) bond motifs is 1. The maximum absolute atomic E-state index is 13.3. The summed E-state index contributed by atoms with van der Waals surface area (Å²) in [6.45, 7) is 1.25. The van der Waals surface area contributed by atoms with Gasteiger partial charge in [-0.3, -0.25) is 4.79 Å². The van der Waals surface area contributed by atoms with Gasteiger partial charge in [-0.05, 0) is 83.7 Å². The summed E-state index contributed by atoms with van der Waals surface area (Å²) in [6.07, 6.45) is 11.8. The third-order valence-corrected chi connectivity index (χ3v) is 9.45. The Morgan fingerprint density at radius 1 is 0.884 bits per heavy atom. The molecule has 0 aromatic heterocycles. The first-order chi connectivity index (χ1) is 21.0. The molecule has 3 aromatic rings. The molecule has 2 fully saturated rings. The minimum atomic E-state index is -0.555. The smallest absolute Gasteiger partial charge is 0.407 e. The van der Waals surface area contributed by atoms with Crippen LogP contribution in [0.15, 0.2) is 66.7 Å². The van der Waals surface area contributed by atoms with E-state index in [2.05, 4.69) is 28.1 Å². The average molecular weight is 584 g/mol. The fourth-order valence-corrected chi connectivity index (χ4v) is 6.83. The minimum absolute atomic E-state index is 0.0332. The lowest BCUT2D eigenvalue weighted by Gasteiger charge is -2.40. The molecule has 0 radical (unpaired) electrons. The summed E-state index contributed by atoms with van der Waals surface area (Å²) in [5, 5.41) is 9.74. The predicted molar refractivity (Wildman–Crippen MR) is 166 cm³/mol. The van der Waals surface area contributed by atoms with E-state index in [1.165, 1.54) is 74.6 Å². The van der Waals surface area contributed by atoms with Crippen molar-refractivity contribution < 1.29 is 18.7 Å². The van der Waals surface area contributed by atoms with Gasteiger partial charge in [-0.2, -0.15) is 0 Å². The number of halogens is 1. The van der Waals surface area contributed by atoms with E-state index >= 15 is 0 Å². The van der Waals surface area contributed by atoms with Gasteiger partial charge < -0.3 is 20.7 Å². The van der Waals surface area contributed by atoms with Gasteiger partial charge in [-0.25, -0.2) is 9.18 Å². The first-order valence-electron chi connectivity index (χ1n) is 15.9. The van der Waals surface area contributed by atoms with Crippen molar-refractivity contribution in [1.29, 1.82) is 0 Å². The largest absolute Gasteiger partial charge is 0.445 e. The number of hydrogen-bond donors (Lipinski definition) is 3. The zero-order chi connectivity index (χ0) is 29.6. The quantitative estimate of drug-likeness (QED) is 0.269. The lowest BCUT2D eigenvalue weighted by Crippen LogP contribution is -2.49. The summed E-state index contributed by atoms with van der Waals surface area (Å²) in [5.74, 6) is -0.0891. The Morgan fingerprint density at radius 2 is 1.65 bits per heavy atom. The third-order valence-electron chi connectivity index (χ3n) is 9.45. The van der Waals surface area contributed by atoms with Crippen molar-refractivity contribution in [2.24, 2.45) is 5.92 Å². The summed E-state index contributed by atoms with van der Waals surface area (Å²) >= 11 is 0. The molecular formula is C36H42FN3O3. The summed E-state index contributed by atoms with van der Waals surface area (Å²) in [4.78, 5) is 25.2. The van der Waals surface area contributed by atoms with Crippen molar-refractivity contribution in [2.75, 3.05) is 5.32 Å². The molecule has 0 saturated heterocycles. The van der Waals surface area contributed by atoms with Gasteiger partial charge in [0.2, 0.25) is 5.91 Å². The fraction of sp³-hybridized carbons (Fsp3) is 0.444. The second-order valence-corrected chi connectivity index (χ2v) is 12.7. The number of amides is 2. The van der Waals surface area contributed by atoms with Crippen LogP contribution in [0.3, 0.4) is 0 Å². The van der Waals surface area contributed by atoms with Crippen LogP contribution in [0.2, 0.25) is 0 Å². The Labute approximate surface area is 253 Å². The van der Waals surface area contributed by atoms with Crippen LogP contribution in [0.5, 0.6) is 0 Å². The molecular weight excluding hydrogens is 541 g/mol. The van der Waals surface area contributed by atoms with E-state index in [1.54, 1.807) is 12.1 Å². The summed E-state index contributed by atoms with van der Waals surface area (Å²) in [5.41, 5.74) is 6.49. The minimum Gasteiger partial charge on any atom is -0.445 e. The highest BCUT2D eigenvalue weighted by atomic mass is 19.1. The molecule has 0 bridgehead atoms. The first-order valence-corrected chi connectivity index (χ1v) is 15.9. The van der Waals surface area contributed by atoms with Crippen molar-refractivity contribution in [3.8, 4) is 0 Å². The van der Waals surface area contributed by atoms with Gasteiger partial charge in [0, 0.05) is 30.2 Å². The molecule has 2 saturated carbocycles. The molecule has 2 aliphatic carbocycles. The normalized spacial score (nSPS) is 21.0. The second-order valence-electron chi connectivity index (χ2n) is 12.7. The molecule has 1 aliphatic heterocycles. The van der Waals surface area contributed by atoms with Crippen LogP contribution in [0.25, 0.3) is 0 Å². The lowest BCUT2D eigenvalue weighted by molar-refractivity contribution is -0.117. The van der Waals surface area contributed by atoms with E-state index in [0.717, 1.165) is 36.2 Å². The SMILES string of the molecule is O=C(NCc1cccc(F)c1)OCc1ccc(C2CC2C(=O)Nc2ccc3c(c2)CC2(CCCCCCCC2)NC3)cc1. The second kappa shape index (κ2) is 13.3. The highest BCUT2D eigenvalue weighted by molar-refractivity contribution is 5.95. The van der Waals surface area contributed by atoms with Gasteiger partial charge in [0.1, 0.15) is 12.4 Å². The molecule has 6 nitrogen and oxygen atoms in total. The number of hydrogen-bond acceptors (Lipinski definition) is 4. The molecule has 2 unspecified atom stereocenters. The molecule has 1 spiro atoms. The summed E-state index contributed by atoms with van der Waals surface area (Å²) in [6, 6.07) is 20.4. The van der Waals surface area contributed by atoms with E-state index in [4.69, 9.17) is 4.74 Å². The van der Waals surface area contributed by atoms with E-state index in [0.29, 0.717) is 5.56 Å². The average Bonchev–Trinajstić information content (AvgIpc) is 3.80. The Kier molecular flexibility index (Phi) is 9.08. The van der Waals surface area contributed by atoms with Crippen LogP contribution in [0.1, 0.15) is 91.5 Å². The van der Waals surface area contributed by atoms with E-state index in [1.807, 2.05) is 30.3 Å². The maximum Gasteiger partial charge on any atom is 0.407 e. The van der Waals surface area contributed by atoms with E-state index < -0.39 is 6.09 Å². The van der Waals surface area contributed by atoms with Crippen LogP contribution >= 0.6 is 0 Å². The highest BCUT2D eigenvalue weighted by Crippen LogP contribution is 2.48. The number of anilines is 1. The molecule has 3 aliphatic rings. The first kappa shape index (κ1) is 29.4. The van der Waals surface area contributed by atoms with E-state index in [-0.39, 0.29) is 42.3 Å². The van der Waals surface area contributed by atoms with Crippen LogP contribution in [-0.2, 0) is 35.6 Å². The van der Waals surface area contributed by atoms with Crippen molar-refractivity contribution in [1.82, 2.24) is 10.6 Å².